The van der Waals surface area contributed by atoms with Crippen LogP contribution in [0.2, 0.25) is 0 Å². The molecule has 8 nitrogen and oxygen atoms in total. The maximum absolute atomic E-state index is 13.3. The zero-order valence-electron chi connectivity index (χ0n) is 24.3. The summed E-state index contributed by atoms with van der Waals surface area (Å²) in [7, 11) is -3.31. The zero-order valence-corrected chi connectivity index (χ0v) is 25.1. The van der Waals surface area contributed by atoms with Crippen molar-refractivity contribution in [2.24, 2.45) is 0 Å². The predicted octanol–water partition coefficient (Wildman–Crippen LogP) is 6.52. The zero-order chi connectivity index (χ0) is 28.5. The Hall–Kier alpha value is -2.78. The first-order valence-corrected chi connectivity index (χ1v) is 16.8. The van der Waals surface area contributed by atoms with E-state index in [2.05, 4.69) is 45.8 Å². The number of carbonyl (C=O) groups excluding carboxylic acids is 1. The maximum atomic E-state index is 13.3. The van der Waals surface area contributed by atoms with Crippen molar-refractivity contribution in [1.82, 2.24) is 15.1 Å². The molecule has 1 unspecified atom stereocenters. The largest absolute Gasteiger partial charge is 0.457 e. The lowest BCUT2D eigenvalue weighted by atomic mass is 9.94. The van der Waals surface area contributed by atoms with Crippen molar-refractivity contribution in [3.05, 3.63) is 54.1 Å². The van der Waals surface area contributed by atoms with Gasteiger partial charge in [0.05, 0.1) is 6.26 Å². The molecule has 1 saturated heterocycles. The number of hydrogen-bond donors (Lipinski definition) is 2. The van der Waals surface area contributed by atoms with Crippen molar-refractivity contribution < 1.29 is 17.9 Å². The topological polar surface area (TPSA) is 91.0 Å². The minimum Gasteiger partial charge on any atom is -0.457 e. The van der Waals surface area contributed by atoms with Crippen LogP contribution in [0.4, 0.5) is 10.5 Å². The van der Waals surface area contributed by atoms with E-state index in [0.29, 0.717) is 17.5 Å². The molecule has 2 aromatic carbocycles. The van der Waals surface area contributed by atoms with E-state index in [-0.39, 0.29) is 18.1 Å². The number of ether oxygens (including phenoxy) is 1. The molecule has 220 valence electrons. The summed E-state index contributed by atoms with van der Waals surface area (Å²) in [5.74, 6) is 1.37. The Morgan fingerprint density at radius 1 is 0.975 bits per heavy atom. The number of hydrogen-bond acceptors (Lipinski definition) is 5. The molecule has 40 heavy (non-hydrogen) atoms. The third-order valence-electron chi connectivity index (χ3n) is 8.19. The van der Waals surface area contributed by atoms with Gasteiger partial charge in [-0.15, -0.1) is 0 Å². The van der Waals surface area contributed by atoms with Crippen LogP contribution < -0.4 is 14.8 Å². The fourth-order valence-electron chi connectivity index (χ4n) is 5.83. The highest BCUT2D eigenvalue weighted by atomic mass is 32.2. The number of unbranched alkanes of at least 4 members (excludes halogenated alkanes) is 1. The third-order valence-corrected chi connectivity index (χ3v) is 8.80. The number of benzene rings is 2. The monoisotopic (exact) mass is 570 g/mol. The Balaban J connectivity index is 1.25. The summed E-state index contributed by atoms with van der Waals surface area (Å²) in [5, 5.41) is 3.38. The van der Waals surface area contributed by atoms with Crippen molar-refractivity contribution in [1.29, 1.82) is 0 Å². The molecule has 0 radical (unpaired) electrons. The number of anilines is 1. The van der Waals surface area contributed by atoms with Gasteiger partial charge in [-0.05, 0) is 81.0 Å². The van der Waals surface area contributed by atoms with Gasteiger partial charge in [-0.3, -0.25) is 9.62 Å². The minimum absolute atomic E-state index is 0.142. The van der Waals surface area contributed by atoms with Gasteiger partial charge in [-0.2, -0.15) is 0 Å². The number of likely N-dealkylation sites (tertiary alicyclic amines) is 1. The lowest BCUT2D eigenvalue weighted by Gasteiger charge is -2.39. The lowest BCUT2D eigenvalue weighted by Crippen LogP contribution is -2.52. The molecule has 0 bridgehead atoms. The van der Waals surface area contributed by atoms with Gasteiger partial charge in [-0.1, -0.05) is 44.7 Å². The molecule has 4 rings (SSSR count). The smallest absolute Gasteiger partial charge is 0.317 e. The highest BCUT2D eigenvalue weighted by Crippen LogP contribution is 2.29. The van der Waals surface area contributed by atoms with E-state index in [1.165, 1.54) is 24.8 Å². The normalized spacial score (nSPS) is 18.2. The molecule has 9 heteroatoms. The van der Waals surface area contributed by atoms with Crippen LogP contribution in [0.3, 0.4) is 0 Å². The summed E-state index contributed by atoms with van der Waals surface area (Å²) in [6, 6.07) is 16.0. The van der Waals surface area contributed by atoms with Crippen LogP contribution >= 0.6 is 0 Å². The summed E-state index contributed by atoms with van der Waals surface area (Å²) in [5.41, 5.74) is 1.73. The minimum atomic E-state index is -3.31. The Morgan fingerprint density at radius 2 is 1.57 bits per heavy atom. The molecule has 1 heterocycles. The van der Waals surface area contributed by atoms with Crippen LogP contribution in [-0.4, -0.2) is 62.2 Å². The van der Waals surface area contributed by atoms with E-state index in [0.717, 1.165) is 70.2 Å². The molecule has 2 N–H and O–H groups in total. The van der Waals surface area contributed by atoms with Crippen LogP contribution in [0.1, 0.15) is 83.2 Å². The van der Waals surface area contributed by atoms with E-state index in [1.807, 2.05) is 12.1 Å². The second kappa shape index (κ2) is 14.2. The van der Waals surface area contributed by atoms with E-state index in [9.17, 15) is 13.2 Å². The van der Waals surface area contributed by atoms with Gasteiger partial charge in [0.25, 0.3) is 0 Å². The first kappa shape index (κ1) is 30.2. The average molecular weight is 571 g/mol. The van der Waals surface area contributed by atoms with Gasteiger partial charge >= 0.3 is 6.03 Å². The van der Waals surface area contributed by atoms with E-state index >= 15 is 0 Å². The Morgan fingerprint density at radius 3 is 2.15 bits per heavy atom. The van der Waals surface area contributed by atoms with Crippen molar-refractivity contribution >= 4 is 21.7 Å². The SMILES string of the molecule is CCCCN(C(=O)NC1CCN(C(C)c2ccc(Oc3ccc(NS(C)(=O)=O)cc3)cc2)CC1)C1CCCCC1. The molecule has 0 spiro atoms. The van der Waals surface area contributed by atoms with Crippen LogP contribution in [0.25, 0.3) is 0 Å². The molecule has 2 fully saturated rings. The van der Waals surface area contributed by atoms with Crippen molar-refractivity contribution in [3.63, 3.8) is 0 Å². The fourth-order valence-corrected chi connectivity index (χ4v) is 6.39. The number of rotatable bonds is 11. The number of urea groups is 1. The van der Waals surface area contributed by atoms with Crippen molar-refractivity contribution in [3.8, 4) is 11.5 Å². The number of nitrogens with one attached hydrogen (secondary N) is 2. The third kappa shape index (κ3) is 8.86. The van der Waals surface area contributed by atoms with Gasteiger partial charge in [0, 0.05) is 43.4 Å². The van der Waals surface area contributed by atoms with Crippen LogP contribution in [0.5, 0.6) is 11.5 Å². The molecule has 1 atom stereocenters. The van der Waals surface area contributed by atoms with Gasteiger partial charge < -0.3 is 15.0 Å². The highest BCUT2D eigenvalue weighted by Gasteiger charge is 2.29. The standard InChI is InChI=1S/C31H46N4O4S/c1-4-5-21-35(28-9-7-6-8-10-28)31(36)32-26-19-22-34(23-20-26)24(2)25-11-15-29(16-12-25)39-30-17-13-27(14-18-30)33-40(3,37)38/h11-18,24,26,28,33H,4-10,19-23H2,1-3H3,(H,32,36). The quantitative estimate of drug-likeness (QED) is 0.321. The van der Waals surface area contributed by atoms with E-state index < -0.39 is 10.0 Å². The molecule has 1 aliphatic carbocycles. The first-order valence-electron chi connectivity index (χ1n) is 14.9. The van der Waals surface area contributed by atoms with Crippen molar-refractivity contribution in [2.45, 2.75) is 89.8 Å². The summed E-state index contributed by atoms with van der Waals surface area (Å²) in [6.45, 7) is 7.20. The van der Waals surface area contributed by atoms with Crippen LogP contribution in [0.15, 0.2) is 48.5 Å². The summed E-state index contributed by atoms with van der Waals surface area (Å²) >= 11 is 0. The van der Waals surface area contributed by atoms with E-state index in [1.54, 1.807) is 24.3 Å². The van der Waals surface area contributed by atoms with Gasteiger partial charge in [0.1, 0.15) is 11.5 Å². The molecule has 2 aliphatic rings. The Bertz CT molecular complexity index is 1170. The number of amides is 2. The van der Waals surface area contributed by atoms with Gasteiger partial charge in [-0.25, -0.2) is 13.2 Å². The Kier molecular flexibility index (Phi) is 10.7. The second-order valence-corrected chi connectivity index (χ2v) is 13.1. The molecule has 2 amide bonds. The fraction of sp³-hybridized carbons (Fsp3) is 0.581. The summed E-state index contributed by atoms with van der Waals surface area (Å²) in [6.07, 6.45) is 11.3. The predicted molar refractivity (Wildman–Crippen MR) is 161 cm³/mol. The molecule has 2 aromatic rings. The molecule has 1 aliphatic heterocycles. The number of carbonyl (C=O) groups is 1. The summed E-state index contributed by atoms with van der Waals surface area (Å²) < 4.78 is 31.2. The Labute approximate surface area is 240 Å². The summed E-state index contributed by atoms with van der Waals surface area (Å²) in [4.78, 5) is 17.9. The number of nitrogens with zero attached hydrogens (tertiary/aromatic N) is 2. The second-order valence-electron chi connectivity index (χ2n) is 11.3. The van der Waals surface area contributed by atoms with Crippen LogP contribution in [0, 0.1) is 0 Å². The molecular formula is C31H46N4O4S. The molecule has 0 aromatic heterocycles. The highest BCUT2D eigenvalue weighted by molar-refractivity contribution is 7.92. The molecular weight excluding hydrogens is 524 g/mol. The number of sulfonamides is 1. The number of piperidine rings is 1. The van der Waals surface area contributed by atoms with Gasteiger partial charge in [0.2, 0.25) is 10.0 Å². The maximum Gasteiger partial charge on any atom is 0.317 e. The van der Waals surface area contributed by atoms with Crippen LogP contribution in [-0.2, 0) is 10.0 Å². The lowest BCUT2D eigenvalue weighted by molar-refractivity contribution is 0.131. The van der Waals surface area contributed by atoms with Gasteiger partial charge in [0.15, 0.2) is 0 Å². The average Bonchev–Trinajstić information content (AvgIpc) is 2.94. The van der Waals surface area contributed by atoms with E-state index in [4.69, 9.17) is 4.74 Å². The van der Waals surface area contributed by atoms with Crippen molar-refractivity contribution in [2.75, 3.05) is 30.6 Å². The first-order chi connectivity index (χ1) is 19.2. The molecule has 1 saturated carbocycles.